The Morgan fingerprint density at radius 2 is 1.96 bits per heavy atom. The molecule has 0 N–H and O–H groups in total. The number of hydrogen-bond acceptors (Lipinski definition) is 5. The van der Waals surface area contributed by atoms with Crippen LogP contribution in [0.5, 0.6) is 0 Å². The van der Waals surface area contributed by atoms with E-state index in [1.165, 1.54) is 11.3 Å². The zero-order valence-corrected chi connectivity index (χ0v) is 15.8. The van der Waals surface area contributed by atoms with Crippen molar-refractivity contribution in [2.24, 2.45) is 10.2 Å². The van der Waals surface area contributed by atoms with Gasteiger partial charge in [0.1, 0.15) is 0 Å². The summed E-state index contributed by atoms with van der Waals surface area (Å²) in [6.07, 6.45) is 2.02. The number of thioether (sulfide) groups is 1. The molecule has 0 saturated carbocycles. The van der Waals surface area contributed by atoms with Gasteiger partial charge in [0.2, 0.25) is 0 Å². The summed E-state index contributed by atoms with van der Waals surface area (Å²) in [5, 5.41) is 10.9. The maximum absolute atomic E-state index is 4.45. The molecule has 25 heavy (non-hydrogen) atoms. The van der Waals surface area contributed by atoms with E-state index in [1.807, 2.05) is 18.7 Å². The van der Waals surface area contributed by atoms with Crippen molar-refractivity contribution in [2.45, 2.75) is 25.9 Å². The molecule has 0 aliphatic carbocycles. The molecule has 5 heteroatoms. The number of azo groups is 1. The maximum Gasteiger partial charge on any atom is 0.193 e. The van der Waals surface area contributed by atoms with Gasteiger partial charge in [-0.1, -0.05) is 42.1 Å². The number of benzene rings is 2. The summed E-state index contributed by atoms with van der Waals surface area (Å²) in [5.74, 6) is 0. The van der Waals surface area contributed by atoms with Crippen molar-refractivity contribution >= 4 is 23.1 Å². The van der Waals surface area contributed by atoms with E-state index in [4.69, 9.17) is 0 Å². The molecule has 2 aromatic carbocycles. The van der Waals surface area contributed by atoms with Crippen LogP contribution in [0.4, 0.5) is 11.4 Å². The van der Waals surface area contributed by atoms with Gasteiger partial charge in [0, 0.05) is 32.0 Å². The van der Waals surface area contributed by atoms with E-state index in [9.17, 15) is 0 Å². The zero-order valence-electron chi connectivity index (χ0n) is 15.0. The van der Waals surface area contributed by atoms with Gasteiger partial charge in [-0.25, -0.2) is 0 Å². The lowest BCUT2D eigenvalue weighted by molar-refractivity contribution is 0.437. The molecule has 0 saturated heterocycles. The standard InChI is InChI=1S/C20H24N4S/c1-4-24(15-17-8-6-5-7-9-17)18-10-11-19(16(2)14-18)21-22-20-23(3)12-13-25-20/h5-14,20H,4,15H2,1-3H3. The SMILES string of the molecule is CCN(Cc1ccccc1)c1ccc(N=NC2SC=CN2C)c(C)c1. The lowest BCUT2D eigenvalue weighted by Gasteiger charge is -2.24. The van der Waals surface area contributed by atoms with Gasteiger partial charge < -0.3 is 9.80 Å². The first-order chi connectivity index (χ1) is 12.2. The zero-order chi connectivity index (χ0) is 17.6. The smallest absolute Gasteiger partial charge is 0.193 e. The Hall–Kier alpha value is -2.27. The largest absolute Gasteiger partial charge is 0.367 e. The van der Waals surface area contributed by atoms with Crippen LogP contribution in [0.2, 0.25) is 0 Å². The summed E-state index contributed by atoms with van der Waals surface area (Å²) in [4.78, 5) is 4.42. The van der Waals surface area contributed by atoms with Crippen LogP contribution in [0.15, 0.2) is 70.4 Å². The third-order valence-electron chi connectivity index (χ3n) is 4.25. The molecule has 0 aromatic heterocycles. The fourth-order valence-corrected chi connectivity index (χ4v) is 3.50. The molecule has 1 heterocycles. The van der Waals surface area contributed by atoms with Gasteiger partial charge in [0.05, 0.1) is 5.69 Å². The molecule has 1 aliphatic heterocycles. The van der Waals surface area contributed by atoms with Crippen molar-refractivity contribution in [3.63, 3.8) is 0 Å². The number of hydrogen-bond donors (Lipinski definition) is 0. The van der Waals surface area contributed by atoms with E-state index in [0.717, 1.165) is 24.3 Å². The molecule has 0 bridgehead atoms. The Bertz CT molecular complexity index is 758. The molecule has 1 atom stereocenters. The summed E-state index contributed by atoms with van der Waals surface area (Å²) in [5.41, 5.74) is 4.66. The van der Waals surface area contributed by atoms with Crippen LogP contribution in [0.3, 0.4) is 0 Å². The van der Waals surface area contributed by atoms with Crippen LogP contribution in [-0.4, -0.2) is 24.0 Å². The fraction of sp³-hybridized carbons (Fsp3) is 0.300. The highest BCUT2D eigenvalue weighted by atomic mass is 32.2. The van der Waals surface area contributed by atoms with E-state index < -0.39 is 0 Å². The minimum Gasteiger partial charge on any atom is -0.367 e. The second kappa shape index (κ2) is 8.21. The summed E-state index contributed by atoms with van der Waals surface area (Å²) < 4.78 is 0. The average Bonchev–Trinajstić information content (AvgIpc) is 3.04. The molecule has 130 valence electrons. The van der Waals surface area contributed by atoms with Gasteiger partial charge in [-0.15, -0.1) is 0 Å². The number of nitrogens with zero attached hydrogens (tertiary/aromatic N) is 4. The first-order valence-electron chi connectivity index (χ1n) is 8.52. The molecule has 0 spiro atoms. The van der Waals surface area contributed by atoms with Gasteiger partial charge in [-0.2, -0.15) is 10.2 Å². The second-order valence-electron chi connectivity index (χ2n) is 6.10. The Kier molecular flexibility index (Phi) is 5.76. The Balaban J connectivity index is 1.72. The third-order valence-corrected chi connectivity index (χ3v) is 5.20. The highest BCUT2D eigenvalue weighted by molar-refractivity contribution is 8.02. The van der Waals surface area contributed by atoms with Crippen molar-refractivity contribution in [1.82, 2.24) is 4.90 Å². The van der Waals surface area contributed by atoms with E-state index in [0.29, 0.717) is 0 Å². The van der Waals surface area contributed by atoms with Crippen LogP contribution >= 0.6 is 11.8 Å². The summed E-state index contributed by atoms with van der Waals surface area (Å²) in [6, 6.07) is 17.0. The van der Waals surface area contributed by atoms with Crippen LogP contribution < -0.4 is 4.90 Å². The lowest BCUT2D eigenvalue weighted by Crippen LogP contribution is -2.21. The average molecular weight is 353 g/mol. The normalized spacial score (nSPS) is 16.8. The van der Waals surface area contributed by atoms with E-state index in [2.05, 4.69) is 82.4 Å². The van der Waals surface area contributed by atoms with Crippen molar-refractivity contribution in [3.05, 3.63) is 71.3 Å². The summed E-state index contributed by atoms with van der Waals surface area (Å²) in [7, 11) is 2.01. The molecule has 0 radical (unpaired) electrons. The van der Waals surface area contributed by atoms with Crippen LogP contribution in [0.25, 0.3) is 0 Å². The predicted octanol–water partition coefficient (Wildman–Crippen LogP) is 5.54. The molecule has 2 aromatic rings. The Labute approximate surface area is 154 Å². The minimum atomic E-state index is 0.0456. The quantitative estimate of drug-likeness (QED) is 0.640. The molecule has 0 amide bonds. The van der Waals surface area contributed by atoms with Gasteiger partial charge >= 0.3 is 0 Å². The molecule has 1 aliphatic rings. The highest BCUT2D eigenvalue weighted by Crippen LogP contribution is 2.29. The fourth-order valence-electron chi connectivity index (χ4n) is 2.73. The molecule has 4 nitrogen and oxygen atoms in total. The maximum atomic E-state index is 4.45. The molecule has 0 fully saturated rings. The first kappa shape index (κ1) is 17.5. The van der Waals surface area contributed by atoms with Gasteiger partial charge in [0.25, 0.3) is 0 Å². The summed E-state index contributed by atoms with van der Waals surface area (Å²) >= 11 is 1.67. The molecular formula is C20H24N4S. The minimum absolute atomic E-state index is 0.0456. The van der Waals surface area contributed by atoms with Gasteiger partial charge in [0.15, 0.2) is 5.50 Å². The van der Waals surface area contributed by atoms with E-state index in [-0.39, 0.29) is 5.50 Å². The lowest BCUT2D eigenvalue weighted by atomic mass is 10.1. The Morgan fingerprint density at radius 3 is 2.60 bits per heavy atom. The van der Waals surface area contributed by atoms with Crippen LogP contribution in [0, 0.1) is 6.92 Å². The monoisotopic (exact) mass is 352 g/mol. The highest BCUT2D eigenvalue weighted by Gasteiger charge is 2.15. The summed E-state index contributed by atoms with van der Waals surface area (Å²) in [6.45, 7) is 6.15. The molecule has 1 unspecified atom stereocenters. The van der Waals surface area contributed by atoms with E-state index >= 15 is 0 Å². The van der Waals surface area contributed by atoms with E-state index in [1.54, 1.807) is 11.8 Å². The topological polar surface area (TPSA) is 31.2 Å². The number of anilines is 1. The third kappa shape index (κ3) is 4.42. The first-order valence-corrected chi connectivity index (χ1v) is 9.46. The van der Waals surface area contributed by atoms with Crippen LogP contribution in [0.1, 0.15) is 18.1 Å². The molecular weight excluding hydrogens is 328 g/mol. The van der Waals surface area contributed by atoms with Crippen molar-refractivity contribution in [1.29, 1.82) is 0 Å². The van der Waals surface area contributed by atoms with Crippen molar-refractivity contribution < 1.29 is 0 Å². The van der Waals surface area contributed by atoms with Crippen molar-refractivity contribution in [3.8, 4) is 0 Å². The van der Waals surface area contributed by atoms with Crippen molar-refractivity contribution in [2.75, 3.05) is 18.5 Å². The Morgan fingerprint density at radius 1 is 1.16 bits per heavy atom. The second-order valence-corrected chi connectivity index (χ2v) is 7.06. The number of aryl methyl sites for hydroxylation is 1. The van der Waals surface area contributed by atoms with Gasteiger partial charge in [-0.05, 0) is 48.6 Å². The number of rotatable bonds is 6. The van der Waals surface area contributed by atoms with Crippen LogP contribution in [-0.2, 0) is 6.54 Å². The molecule has 3 rings (SSSR count). The van der Waals surface area contributed by atoms with Gasteiger partial charge in [-0.3, -0.25) is 0 Å². The predicted molar refractivity (Wildman–Crippen MR) is 107 cm³/mol.